The predicted molar refractivity (Wildman–Crippen MR) is 79.1 cm³/mol. The highest BCUT2D eigenvalue weighted by Gasteiger charge is 2.33. The Balaban J connectivity index is 1.80. The van der Waals surface area contributed by atoms with Crippen molar-refractivity contribution >= 4 is 11.6 Å². The van der Waals surface area contributed by atoms with Gasteiger partial charge in [0.2, 0.25) is 5.91 Å². The van der Waals surface area contributed by atoms with Gasteiger partial charge in [-0.25, -0.2) is 4.39 Å². The molecule has 108 valence electrons. The smallest absolute Gasteiger partial charge is 0.234 e. The molecule has 1 amide bonds. The molecule has 2 aromatic rings. The van der Waals surface area contributed by atoms with Gasteiger partial charge in [-0.2, -0.15) is 0 Å². The fourth-order valence-electron chi connectivity index (χ4n) is 2.70. The molecule has 1 atom stereocenters. The fourth-order valence-corrected chi connectivity index (χ4v) is 2.70. The van der Waals surface area contributed by atoms with Crippen LogP contribution in [0.2, 0.25) is 0 Å². The topological polar surface area (TPSA) is 29.5 Å². The molecule has 0 aliphatic carbocycles. The van der Waals surface area contributed by atoms with Crippen molar-refractivity contribution in [2.45, 2.75) is 12.3 Å². The normalized spacial score (nSPS) is 18.1. The minimum atomic E-state index is -0.281. The lowest BCUT2D eigenvalue weighted by Crippen LogP contribution is -2.26. The molecule has 0 saturated carbocycles. The maximum atomic E-state index is 13.0. The second-order valence-electron chi connectivity index (χ2n) is 5.08. The molecule has 0 spiro atoms. The average Bonchev–Trinajstić information content (AvgIpc) is 2.90. The molecule has 0 radical (unpaired) electrons. The lowest BCUT2D eigenvalue weighted by atomic mass is 9.98. The van der Waals surface area contributed by atoms with Gasteiger partial charge in [0.25, 0.3) is 0 Å². The van der Waals surface area contributed by atoms with Crippen LogP contribution in [0, 0.1) is 5.82 Å². The van der Waals surface area contributed by atoms with Crippen molar-refractivity contribution in [1.29, 1.82) is 0 Å². The van der Waals surface area contributed by atoms with E-state index in [1.54, 1.807) is 24.1 Å². The van der Waals surface area contributed by atoms with Crippen molar-refractivity contribution in [1.82, 2.24) is 0 Å². The molecule has 1 unspecified atom stereocenters. The monoisotopic (exact) mass is 285 g/mol. The molecule has 0 aromatic heterocycles. The highest BCUT2D eigenvalue weighted by atomic mass is 19.1. The minimum absolute atomic E-state index is 0.0618. The molecular formula is C17H16FNO2. The quantitative estimate of drug-likeness (QED) is 0.865. The van der Waals surface area contributed by atoms with E-state index < -0.39 is 0 Å². The van der Waals surface area contributed by atoms with Gasteiger partial charge in [0.1, 0.15) is 11.6 Å². The summed E-state index contributed by atoms with van der Waals surface area (Å²) in [5.41, 5.74) is 1.74. The molecule has 21 heavy (non-hydrogen) atoms. The number of carbonyl (C=O) groups is 1. The van der Waals surface area contributed by atoms with Gasteiger partial charge in [0.05, 0.1) is 13.0 Å². The Bertz CT molecular complexity index is 637. The molecule has 3 rings (SSSR count). The zero-order valence-electron chi connectivity index (χ0n) is 11.8. The van der Waals surface area contributed by atoms with E-state index in [1.165, 1.54) is 12.1 Å². The zero-order valence-corrected chi connectivity index (χ0v) is 11.8. The summed E-state index contributed by atoms with van der Waals surface area (Å²) in [7, 11) is 1.61. The van der Waals surface area contributed by atoms with Crippen LogP contribution in [0.1, 0.15) is 17.9 Å². The number of anilines is 1. The number of amides is 1. The average molecular weight is 285 g/mol. The number of nitrogens with zero attached hydrogens (tertiary/aromatic N) is 1. The summed E-state index contributed by atoms with van der Waals surface area (Å²) in [6.45, 7) is 0.674. The van der Waals surface area contributed by atoms with Crippen molar-refractivity contribution in [3.05, 3.63) is 59.9 Å². The standard InChI is InChI=1S/C17H16FNO2/c1-21-15-8-6-14(7-9-15)19-11-10-16(17(19)20)12-2-4-13(18)5-3-12/h2-9,16H,10-11H2,1H3. The first-order valence-electron chi connectivity index (χ1n) is 6.90. The largest absolute Gasteiger partial charge is 0.497 e. The summed E-state index contributed by atoms with van der Waals surface area (Å²) in [5, 5.41) is 0. The van der Waals surface area contributed by atoms with E-state index in [1.807, 2.05) is 24.3 Å². The Kier molecular flexibility index (Phi) is 3.60. The van der Waals surface area contributed by atoms with E-state index in [4.69, 9.17) is 4.74 Å². The van der Waals surface area contributed by atoms with E-state index in [0.29, 0.717) is 6.54 Å². The SMILES string of the molecule is COc1ccc(N2CCC(c3ccc(F)cc3)C2=O)cc1. The van der Waals surface area contributed by atoms with Crippen LogP contribution in [-0.2, 0) is 4.79 Å². The Labute approximate surface area is 123 Å². The fraction of sp³-hybridized carbons (Fsp3) is 0.235. The lowest BCUT2D eigenvalue weighted by molar-refractivity contribution is -0.118. The molecule has 1 aliphatic rings. The van der Waals surface area contributed by atoms with Gasteiger partial charge in [-0.3, -0.25) is 4.79 Å². The molecule has 1 saturated heterocycles. The molecule has 4 heteroatoms. The van der Waals surface area contributed by atoms with Gasteiger partial charge in [-0.1, -0.05) is 12.1 Å². The van der Waals surface area contributed by atoms with Gasteiger partial charge >= 0.3 is 0 Å². The summed E-state index contributed by atoms with van der Waals surface area (Å²) in [5.74, 6) is 0.358. The first kappa shape index (κ1) is 13.6. The highest BCUT2D eigenvalue weighted by Crippen LogP contribution is 2.32. The summed E-state index contributed by atoms with van der Waals surface area (Å²) in [6, 6.07) is 13.6. The van der Waals surface area contributed by atoms with Crippen LogP contribution in [0.25, 0.3) is 0 Å². The van der Waals surface area contributed by atoms with Crippen LogP contribution >= 0.6 is 0 Å². The van der Waals surface area contributed by atoms with Crippen LogP contribution in [0.3, 0.4) is 0 Å². The van der Waals surface area contributed by atoms with Crippen molar-refractivity contribution in [2.24, 2.45) is 0 Å². The number of ether oxygens (including phenoxy) is 1. The number of hydrogen-bond acceptors (Lipinski definition) is 2. The molecule has 0 bridgehead atoms. The zero-order chi connectivity index (χ0) is 14.8. The maximum Gasteiger partial charge on any atom is 0.234 e. The summed E-state index contributed by atoms with van der Waals surface area (Å²) in [6.07, 6.45) is 0.747. The predicted octanol–water partition coefficient (Wildman–Crippen LogP) is 3.35. The van der Waals surface area contributed by atoms with E-state index in [9.17, 15) is 9.18 Å². The summed E-state index contributed by atoms with van der Waals surface area (Å²) >= 11 is 0. The van der Waals surface area contributed by atoms with Gasteiger partial charge in [0, 0.05) is 12.2 Å². The molecule has 1 aliphatic heterocycles. The van der Waals surface area contributed by atoms with Gasteiger partial charge in [0.15, 0.2) is 0 Å². The third-order valence-electron chi connectivity index (χ3n) is 3.86. The first-order chi connectivity index (χ1) is 10.2. The van der Waals surface area contributed by atoms with Crippen LogP contribution in [0.4, 0.5) is 10.1 Å². The second-order valence-corrected chi connectivity index (χ2v) is 5.08. The number of carbonyl (C=O) groups excluding carboxylic acids is 1. The number of halogens is 1. The van der Waals surface area contributed by atoms with Crippen LogP contribution < -0.4 is 9.64 Å². The summed E-state index contributed by atoms with van der Waals surface area (Å²) < 4.78 is 18.1. The Morgan fingerprint density at radius 2 is 1.76 bits per heavy atom. The van der Waals surface area contributed by atoms with Gasteiger partial charge < -0.3 is 9.64 Å². The molecule has 2 aromatic carbocycles. The van der Waals surface area contributed by atoms with Crippen LogP contribution in [-0.4, -0.2) is 19.6 Å². The Hall–Kier alpha value is -2.36. The lowest BCUT2D eigenvalue weighted by Gasteiger charge is -2.17. The summed E-state index contributed by atoms with van der Waals surface area (Å²) in [4.78, 5) is 14.3. The van der Waals surface area contributed by atoms with Crippen LogP contribution in [0.15, 0.2) is 48.5 Å². The Morgan fingerprint density at radius 3 is 2.38 bits per heavy atom. The second kappa shape index (κ2) is 5.56. The van der Waals surface area contributed by atoms with Crippen molar-refractivity contribution in [3.63, 3.8) is 0 Å². The molecule has 0 N–H and O–H groups in total. The number of rotatable bonds is 3. The molecule has 3 nitrogen and oxygen atoms in total. The first-order valence-corrected chi connectivity index (χ1v) is 6.90. The third kappa shape index (κ3) is 2.61. The Morgan fingerprint density at radius 1 is 1.10 bits per heavy atom. The number of methoxy groups -OCH3 is 1. The van der Waals surface area contributed by atoms with E-state index in [2.05, 4.69) is 0 Å². The van der Waals surface area contributed by atoms with Crippen molar-refractivity contribution in [2.75, 3.05) is 18.6 Å². The maximum absolute atomic E-state index is 13.0. The minimum Gasteiger partial charge on any atom is -0.497 e. The van der Waals surface area contributed by atoms with E-state index in [0.717, 1.165) is 23.4 Å². The molecule has 1 fully saturated rings. The molecular weight excluding hydrogens is 269 g/mol. The van der Waals surface area contributed by atoms with Gasteiger partial charge in [-0.05, 0) is 48.4 Å². The van der Waals surface area contributed by atoms with Crippen molar-refractivity contribution in [3.8, 4) is 5.75 Å². The van der Waals surface area contributed by atoms with Crippen LogP contribution in [0.5, 0.6) is 5.75 Å². The highest BCUT2D eigenvalue weighted by molar-refractivity contribution is 6.00. The van der Waals surface area contributed by atoms with E-state index >= 15 is 0 Å². The van der Waals surface area contributed by atoms with Gasteiger partial charge in [-0.15, -0.1) is 0 Å². The third-order valence-corrected chi connectivity index (χ3v) is 3.86. The molecule has 1 heterocycles. The number of benzene rings is 2. The van der Waals surface area contributed by atoms with E-state index in [-0.39, 0.29) is 17.6 Å². The number of hydrogen-bond donors (Lipinski definition) is 0. The van der Waals surface area contributed by atoms with Crippen molar-refractivity contribution < 1.29 is 13.9 Å².